The van der Waals surface area contributed by atoms with E-state index in [0.29, 0.717) is 17.6 Å². The van der Waals surface area contributed by atoms with Crippen LogP contribution in [0.1, 0.15) is 25.7 Å². The summed E-state index contributed by atoms with van der Waals surface area (Å²) in [4.78, 5) is 18.8. The fourth-order valence-corrected chi connectivity index (χ4v) is 3.39. The Morgan fingerprint density at radius 2 is 2.29 bits per heavy atom. The van der Waals surface area contributed by atoms with Crippen molar-refractivity contribution < 1.29 is 9.53 Å². The molecule has 0 unspecified atom stereocenters. The number of amides is 2. The van der Waals surface area contributed by atoms with Crippen LogP contribution in [0.5, 0.6) is 5.88 Å². The summed E-state index contributed by atoms with van der Waals surface area (Å²) in [6.45, 7) is 2.26. The Hall–Kier alpha value is -1.82. The van der Waals surface area contributed by atoms with Crippen molar-refractivity contribution in [2.24, 2.45) is 0 Å². The lowest BCUT2D eigenvalue weighted by molar-refractivity contribution is 0.180. The van der Waals surface area contributed by atoms with Gasteiger partial charge in [-0.15, -0.1) is 0 Å². The summed E-state index contributed by atoms with van der Waals surface area (Å²) in [6, 6.07) is 4.12. The van der Waals surface area contributed by atoms with Gasteiger partial charge in [0.1, 0.15) is 5.69 Å². The van der Waals surface area contributed by atoms with Gasteiger partial charge in [-0.05, 0) is 37.9 Å². The van der Waals surface area contributed by atoms with Crippen molar-refractivity contribution in [3.63, 3.8) is 0 Å². The van der Waals surface area contributed by atoms with Crippen molar-refractivity contribution in [2.75, 3.05) is 25.5 Å². The molecular weight excluding hydrogens is 268 g/mol. The number of ether oxygens (including phenoxy) is 1. The highest BCUT2D eigenvalue weighted by Gasteiger charge is 2.36. The average Bonchev–Trinajstić information content (AvgIpc) is 2.91. The van der Waals surface area contributed by atoms with Crippen LogP contribution in [0.3, 0.4) is 0 Å². The number of rotatable bonds is 3. The molecule has 1 aromatic rings. The predicted molar refractivity (Wildman–Crippen MR) is 80.6 cm³/mol. The number of carbonyl (C=O) groups excluding carboxylic acids is 1. The van der Waals surface area contributed by atoms with Crippen molar-refractivity contribution in [2.45, 2.75) is 37.8 Å². The minimum absolute atomic E-state index is 0.182. The average molecular weight is 290 g/mol. The van der Waals surface area contributed by atoms with Crippen LogP contribution in [0.15, 0.2) is 18.3 Å². The molecule has 2 N–H and O–H groups in total. The van der Waals surface area contributed by atoms with Crippen molar-refractivity contribution in [3.05, 3.63) is 18.3 Å². The Morgan fingerprint density at radius 1 is 1.38 bits per heavy atom. The number of fused-ring (bicyclic) bond motifs is 1. The van der Waals surface area contributed by atoms with Crippen molar-refractivity contribution in [1.82, 2.24) is 15.2 Å². The Labute approximate surface area is 124 Å². The zero-order valence-corrected chi connectivity index (χ0v) is 12.3. The summed E-state index contributed by atoms with van der Waals surface area (Å²) < 4.78 is 5.14. The van der Waals surface area contributed by atoms with Crippen LogP contribution in [0.25, 0.3) is 0 Å². The monoisotopic (exact) mass is 290 g/mol. The summed E-state index contributed by atoms with van der Waals surface area (Å²) in [7, 11) is 1.54. The number of nitrogens with one attached hydrogen (secondary N) is 2. The van der Waals surface area contributed by atoms with Crippen LogP contribution in [0.2, 0.25) is 0 Å². The smallest absolute Gasteiger partial charge is 0.319 e. The lowest BCUT2D eigenvalue weighted by Crippen LogP contribution is -2.47. The van der Waals surface area contributed by atoms with Crippen LogP contribution < -0.4 is 15.4 Å². The third-order valence-electron chi connectivity index (χ3n) is 4.39. The minimum atomic E-state index is -0.182. The highest BCUT2D eigenvalue weighted by Crippen LogP contribution is 2.27. The summed E-state index contributed by atoms with van der Waals surface area (Å²) in [5, 5.41) is 5.93. The molecule has 2 atom stereocenters. The quantitative estimate of drug-likeness (QED) is 0.891. The number of piperidine rings is 1. The first-order valence-corrected chi connectivity index (χ1v) is 7.58. The molecule has 0 saturated carbocycles. The molecule has 2 saturated heterocycles. The van der Waals surface area contributed by atoms with E-state index in [0.717, 1.165) is 13.0 Å². The molecule has 0 spiro atoms. The molecule has 21 heavy (non-hydrogen) atoms. The standard InChI is InChI=1S/C15H22N4O2/c1-21-14-12(5-4-8-16-14)18-15(20)17-11-7-10-19-9-3-2-6-13(11)19/h4-5,8,11,13H,2-3,6-7,9-10H2,1H3,(H2,17,18,20)/t11-,13-/m0/s1. The molecule has 2 aliphatic rings. The number of nitrogens with zero attached hydrogens (tertiary/aromatic N) is 2. The number of pyridine rings is 1. The van der Waals surface area contributed by atoms with E-state index in [1.807, 2.05) is 0 Å². The van der Waals surface area contributed by atoms with Crippen LogP contribution in [-0.2, 0) is 0 Å². The number of urea groups is 1. The highest BCUT2D eigenvalue weighted by atomic mass is 16.5. The molecule has 3 heterocycles. The van der Waals surface area contributed by atoms with E-state index in [9.17, 15) is 4.79 Å². The third kappa shape index (κ3) is 3.10. The number of anilines is 1. The maximum atomic E-state index is 12.2. The maximum absolute atomic E-state index is 12.2. The molecule has 0 aliphatic carbocycles. The topological polar surface area (TPSA) is 66.5 Å². The SMILES string of the molecule is COc1ncccc1NC(=O)N[C@H]1CCN2CCCC[C@@H]12. The normalized spacial score (nSPS) is 25.2. The zero-order valence-electron chi connectivity index (χ0n) is 12.3. The van der Waals surface area contributed by atoms with Gasteiger partial charge in [-0.25, -0.2) is 9.78 Å². The summed E-state index contributed by atoms with van der Waals surface area (Å²) in [5.74, 6) is 0.429. The lowest BCUT2D eigenvalue weighted by Gasteiger charge is -2.32. The first-order valence-electron chi connectivity index (χ1n) is 7.58. The number of hydrogen-bond donors (Lipinski definition) is 2. The van der Waals surface area contributed by atoms with E-state index >= 15 is 0 Å². The lowest BCUT2D eigenvalue weighted by atomic mass is 9.99. The molecule has 0 aromatic carbocycles. The number of hydrogen-bond acceptors (Lipinski definition) is 4. The van der Waals surface area contributed by atoms with Crippen LogP contribution in [0.4, 0.5) is 10.5 Å². The fourth-order valence-electron chi connectivity index (χ4n) is 3.39. The number of carbonyl (C=O) groups is 1. The van der Waals surface area contributed by atoms with Gasteiger partial charge in [-0.1, -0.05) is 6.42 Å². The van der Waals surface area contributed by atoms with Gasteiger partial charge in [0, 0.05) is 24.8 Å². The number of methoxy groups -OCH3 is 1. The van der Waals surface area contributed by atoms with E-state index < -0.39 is 0 Å². The molecule has 2 fully saturated rings. The molecule has 3 rings (SSSR count). The van der Waals surface area contributed by atoms with E-state index in [1.54, 1.807) is 25.4 Å². The minimum Gasteiger partial charge on any atom is -0.480 e. The van der Waals surface area contributed by atoms with Gasteiger partial charge in [0.2, 0.25) is 5.88 Å². The summed E-state index contributed by atoms with van der Waals surface area (Å²) >= 11 is 0. The van der Waals surface area contributed by atoms with Crippen molar-refractivity contribution in [1.29, 1.82) is 0 Å². The van der Waals surface area contributed by atoms with Gasteiger partial charge in [-0.3, -0.25) is 4.90 Å². The van der Waals surface area contributed by atoms with E-state index in [1.165, 1.54) is 25.8 Å². The largest absolute Gasteiger partial charge is 0.480 e. The van der Waals surface area contributed by atoms with E-state index in [-0.39, 0.29) is 12.1 Å². The van der Waals surface area contributed by atoms with Gasteiger partial charge in [0.05, 0.1) is 7.11 Å². The molecule has 0 radical (unpaired) electrons. The molecule has 6 heteroatoms. The second-order valence-corrected chi connectivity index (χ2v) is 5.65. The fraction of sp³-hybridized carbons (Fsp3) is 0.600. The number of aromatic nitrogens is 1. The van der Waals surface area contributed by atoms with Gasteiger partial charge in [-0.2, -0.15) is 0 Å². The Bertz CT molecular complexity index is 508. The third-order valence-corrected chi connectivity index (χ3v) is 4.39. The van der Waals surface area contributed by atoms with E-state index in [2.05, 4.69) is 20.5 Å². The van der Waals surface area contributed by atoms with Gasteiger partial charge in [0.25, 0.3) is 0 Å². The summed E-state index contributed by atoms with van der Waals surface area (Å²) in [6.07, 6.45) is 6.39. The summed E-state index contributed by atoms with van der Waals surface area (Å²) in [5.41, 5.74) is 0.594. The molecule has 6 nitrogen and oxygen atoms in total. The first kappa shape index (κ1) is 14.1. The molecule has 2 amide bonds. The Kier molecular flexibility index (Phi) is 4.24. The van der Waals surface area contributed by atoms with Crippen LogP contribution >= 0.6 is 0 Å². The van der Waals surface area contributed by atoms with E-state index in [4.69, 9.17) is 4.74 Å². The van der Waals surface area contributed by atoms with Crippen LogP contribution in [-0.4, -0.2) is 48.2 Å². The van der Waals surface area contributed by atoms with Gasteiger partial charge in [0.15, 0.2) is 0 Å². The highest BCUT2D eigenvalue weighted by molar-refractivity contribution is 5.90. The first-order chi connectivity index (χ1) is 10.3. The van der Waals surface area contributed by atoms with Crippen molar-refractivity contribution in [3.8, 4) is 5.88 Å². The molecule has 1 aromatic heterocycles. The Balaban J connectivity index is 1.59. The van der Waals surface area contributed by atoms with Gasteiger partial charge >= 0.3 is 6.03 Å². The predicted octanol–water partition coefficient (Wildman–Crippen LogP) is 1.84. The maximum Gasteiger partial charge on any atom is 0.319 e. The Morgan fingerprint density at radius 3 is 3.14 bits per heavy atom. The van der Waals surface area contributed by atoms with Crippen LogP contribution in [0, 0.1) is 0 Å². The zero-order chi connectivity index (χ0) is 14.7. The second kappa shape index (κ2) is 6.30. The molecule has 114 valence electrons. The molecule has 2 aliphatic heterocycles. The second-order valence-electron chi connectivity index (χ2n) is 5.65. The molecule has 0 bridgehead atoms. The molecular formula is C15H22N4O2. The van der Waals surface area contributed by atoms with Gasteiger partial charge < -0.3 is 15.4 Å². The van der Waals surface area contributed by atoms with Crippen molar-refractivity contribution >= 4 is 11.7 Å².